The van der Waals surface area contributed by atoms with Gasteiger partial charge in [-0.2, -0.15) is 0 Å². The van der Waals surface area contributed by atoms with Crippen LogP contribution < -0.4 is 15.4 Å². The molecule has 26 heavy (non-hydrogen) atoms. The van der Waals surface area contributed by atoms with Gasteiger partial charge in [-0.1, -0.05) is 52.3 Å². The summed E-state index contributed by atoms with van der Waals surface area (Å²) in [5, 5.41) is 5.68. The van der Waals surface area contributed by atoms with E-state index in [1.54, 1.807) is 0 Å². The molecule has 132 valence electrons. The Morgan fingerprint density at radius 1 is 0.846 bits per heavy atom. The lowest BCUT2D eigenvalue weighted by molar-refractivity contribution is 0.252. The second-order valence-corrected chi connectivity index (χ2v) is 6.52. The molecule has 0 unspecified atom stereocenters. The Morgan fingerprint density at radius 3 is 2.23 bits per heavy atom. The third kappa shape index (κ3) is 5.36. The van der Waals surface area contributed by atoms with Crippen molar-refractivity contribution in [3.63, 3.8) is 0 Å². The summed E-state index contributed by atoms with van der Waals surface area (Å²) in [6.45, 7) is 0.559. The molecule has 3 rings (SSSR count). The Balaban J connectivity index is 1.46. The first-order chi connectivity index (χ1) is 12.7. The number of halogens is 1. The second kappa shape index (κ2) is 9.06. The van der Waals surface area contributed by atoms with Crippen LogP contribution in [-0.2, 0) is 6.42 Å². The highest BCUT2D eigenvalue weighted by Gasteiger charge is 2.04. The topological polar surface area (TPSA) is 50.4 Å². The number of benzene rings is 3. The van der Waals surface area contributed by atoms with Crippen molar-refractivity contribution in [2.24, 2.45) is 0 Å². The van der Waals surface area contributed by atoms with E-state index in [9.17, 15) is 4.79 Å². The molecule has 0 radical (unpaired) electrons. The second-order valence-electron chi connectivity index (χ2n) is 5.66. The SMILES string of the molecule is O=C(NCCc1ccccc1Br)Nc1ccc(Oc2ccccc2)cc1. The van der Waals surface area contributed by atoms with Crippen molar-refractivity contribution in [1.82, 2.24) is 5.32 Å². The standard InChI is InChI=1S/C21H19BrN2O2/c22-20-9-5-4-6-16(20)14-15-23-21(25)24-17-10-12-19(13-11-17)26-18-7-2-1-3-8-18/h1-13H,14-15H2,(H2,23,24,25). The van der Waals surface area contributed by atoms with E-state index in [1.165, 1.54) is 0 Å². The smallest absolute Gasteiger partial charge is 0.319 e. The first-order valence-electron chi connectivity index (χ1n) is 8.32. The van der Waals surface area contributed by atoms with Crippen molar-refractivity contribution in [1.29, 1.82) is 0 Å². The molecule has 0 saturated heterocycles. The number of para-hydroxylation sites is 1. The largest absolute Gasteiger partial charge is 0.457 e. The number of hydrogen-bond acceptors (Lipinski definition) is 2. The Kier molecular flexibility index (Phi) is 6.28. The van der Waals surface area contributed by atoms with Crippen LogP contribution in [0, 0.1) is 0 Å². The molecule has 4 nitrogen and oxygen atoms in total. The van der Waals surface area contributed by atoms with Gasteiger partial charge < -0.3 is 15.4 Å². The van der Waals surface area contributed by atoms with Gasteiger partial charge in [0.2, 0.25) is 0 Å². The van der Waals surface area contributed by atoms with Crippen molar-refractivity contribution in [2.75, 3.05) is 11.9 Å². The molecular weight excluding hydrogens is 392 g/mol. The van der Waals surface area contributed by atoms with Crippen LogP contribution >= 0.6 is 15.9 Å². The number of rotatable bonds is 6. The van der Waals surface area contributed by atoms with E-state index in [0.29, 0.717) is 12.2 Å². The maximum absolute atomic E-state index is 12.0. The van der Waals surface area contributed by atoms with Gasteiger partial charge in [0.15, 0.2) is 0 Å². The fourth-order valence-electron chi connectivity index (χ4n) is 2.42. The molecule has 0 heterocycles. The number of carbonyl (C=O) groups excluding carboxylic acids is 1. The quantitative estimate of drug-likeness (QED) is 0.554. The Labute approximate surface area is 161 Å². The summed E-state index contributed by atoms with van der Waals surface area (Å²) < 4.78 is 6.78. The summed E-state index contributed by atoms with van der Waals surface area (Å²) in [6, 6.07) is 24.6. The summed E-state index contributed by atoms with van der Waals surface area (Å²) in [7, 11) is 0. The van der Waals surface area contributed by atoms with E-state index in [0.717, 1.165) is 28.0 Å². The first kappa shape index (κ1) is 18.0. The van der Waals surface area contributed by atoms with Gasteiger partial charge in [-0.05, 0) is 54.4 Å². The van der Waals surface area contributed by atoms with E-state index in [-0.39, 0.29) is 6.03 Å². The Hall–Kier alpha value is -2.79. The maximum Gasteiger partial charge on any atom is 0.319 e. The number of nitrogens with one attached hydrogen (secondary N) is 2. The molecule has 2 amide bonds. The molecule has 0 spiro atoms. The number of urea groups is 1. The van der Waals surface area contributed by atoms with Gasteiger partial charge in [0, 0.05) is 16.7 Å². The first-order valence-corrected chi connectivity index (χ1v) is 9.11. The molecule has 5 heteroatoms. The normalized spacial score (nSPS) is 10.2. The van der Waals surface area contributed by atoms with Crippen molar-refractivity contribution < 1.29 is 9.53 Å². The van der Waals surface area contributed by atoms with E-state index in [2.05, 4.69) is 26.6 Å². The highest BCUT2D eigenvalue weighted by atomic mass is 79.9. The predicted molar refractivity (Wildman–Crippen MR) is 108 cm³/mol. The molecule has 0 bridgehead atoms. The zero-order chi connectivity index (χ0) is 18.2. The van der Waals surface area contributed by atoms with Crippen molar-refractivity contribution in [2.45, 2.75) is 6.42 Å². The van der Waals surface area contributed by atoms with Crippen LogP contribution in [0.5, 0.6) is 11.5 Å². The van der Waals surface area contributed by atoms with Crippen molar-refractivity contribution in [3.05, 3.63) is 88.9 Å². The third-order valence-corrected chi connectivity index (χ3v) is 4.50. The lowest BCUT2D eigenvalue weighted by Gasteiger charge is -2.10. The predicted octanol–water partition coefficient (Wildman–Crippen LogP) is 5.61. The highest BCUT2D eigenvalue weighted by molar-refractivity contribution is 9.10. The monoisotopic (exact) mass is 410 g/mol. The van der Waals surface area contributed by atoms with Gasteiger partial charge >= 0.3 is 6.03 Å². The highest BCUT2D eigenvalue weighted by Crippen LogP contribution is 2.22. The lowest BCUT2D eigenvalue weighted by Crippen LogP contribution is -2.30. The van der Waals surface area contributed by atoms with Crippen LogP contribution in [0.2, 0.25) is 0 Å². The van der Waals surface area contributed by atoms with Crippen LogP contribution in [0.15, 0.2) is 83.3 Å². The maximum atomic E-state index is 12.0. The summed E-state index contributed by atoms with van der Waals surface area (Å²) in [5.41, 5.74) is 1.87. The minimum absolute atomic E-state index is 0.228. The summed E-state index contributed by atoms with van der Waals surface area (Å²) in [4.78, 5) is 12.0. The van der Waals surface area contributed by atoms with Crippen LogP contribution in [0.4, 0.5) is 10.5 Å². The number of ether oxygens (including phenoxy) is 1. The molecule has 0 aromatic heterocycles. The molecule has 0 atom stereocenters. The van der Waals surface area contributed by atoms with Crippen LogP contribution in [0.3, 0.4) is 0 Å². The fraction of sp³-hybridized carbons (Fsp3) is 0.0952. The lowest BCUT2D eigenvalue weighted by atomic mass is 10.1. The Bertz CT molecular complexity index is 851. The van der Waals surface area contributed by atoms with Crippen LogP contribution in [0.25, 0.3) is 0 Å². The molecule has 0 saturated carbocycles. The van der Waals surface area contributed by atoms with E-state index >= 15 is 0 Å². The number of anilines is 1. The van der Waals surface area contributed by atoms with E-state index in [4.69, 9.17) is 4.74 Å². The van der Waals surface area contributed by atoms with Crippen molar-refractivity contribution >= 4 is 27.6 Å². The molecule has 3 aromatic rings. The average molecular weight is 411 g/mol. The Morgan fingerprint density at radius 2 is 1.50 bits per heavy atom. The molecule has 0 aliphatic carbocycles. The molecule has 0 fully saturated rings. The molecule has 2 N–H and O–H groups in total. The van der Waals surface area contributed by atoms with Crippen LogP contribution in [-0.4, -0.2) is 12.6 Å². The minimum atomic E-state index is -0.228. The third-order valence-electron chi connectivity index (χ3n) is 3.73. The number of amides is 2. The average Bonchev–Trinajstić information content (AvgIpc) is 2.66. The molecule has 0 aliphatic rings. The summed E-state index contributed by atoms with van der Waals surface area (Å²) in [5.74, 6) is 1.49. The van der Waals surface area contributed by atoms with Gasteiger partial charge in [0.05, 0.1) is 0 Å². The summed E-state index contributed by atoms with van der Waals surface area (Å²) in [6.07, 6.45) is 0.763. The fourth-order valence-corrected chi connectivity index (χ4v) is 2.90. The zero-order valence-corrected chi connectivity index (χ0v) is 15.7. The zero-order valence-electron chi connectivity index (χ0n) is 14.1. The molecule has 0 aliphatic heterocycles. The number of carbonyl (C=O) groups is 1. The van der Waals surface area contributed by atoms with Gasteiger partial charge in [-0.3, -0.25) is 0 Å². The van der Waals surface area contributed by atoms with Crippen molar-refractivity contribution in [3.8, 4) is 11.5 Å². The molecular formula is C21H19BrN2O2. The number of hydrogen-bond donors (Lipinski definition) is 2. The van der Waals surface area contributed by atoms with Crippen LogP contribution in [0.1, 0.15) is 5.56 Å². The van der Waals surface area contributed by atoms with Gasteiger partial charge in [-0.25, -0.2) is 4.79 Å². The van der Waals surface area contributed by atoms with Gasteiger partial charge in [0.1, 0.15) is 11.5 Å². The molecule has 3 aromatic carbocycles. The van der Waals surface area contributed by atoms with E-state index in [1.807, 2.05) is 78.9 Å². The van der Waals surface area contributed by atoms with Gasteiger partial charge in [-0.15, -0.1) is 0 Å². The minimum Gasteiger partial charge on any atom is -0.457 e. The van der Waals surface area contributed by atoms with Gasteiger partial charge in [0.25, 0.3) is 0 Å². The summed E-state index contributed by atoms with van der Waals surface area (Å²) >= 11 is 3.51. The van der Waals surface area contributed by atoms with E-state index < -0.39 is 0 Å².